The number of amides is 2. The molecular weight excluding hydrogens is 495 g/mol. The van der Waals surface area contributed by atoms with Gasteiger partial charge in [-0.2, -0.15) is 13.2 Å². The Morgan fingerprint density at radius 2 is 1.72 bits per heavy atom. The minimum atomic E-state index is -4.88. The number of halogens is 3. The number of carbonyl (C=O) groups is 3. The fourth-order valence-electron chi connectivity index (χ4n) is 4.30. The second kappa shape index (κ2) is 9.59. The van der Waals surface area contributed by atoms with Crippen molar-refractivity contribution in [3.63, 3.8) is 0 Å². The molecule has 3 heterocycles. The molecular formula is C25H28F3N3O4S. The van der Waals surface area contributed by atoms with Crippen molar-refractivity contribution in [2.45, 2.75) is 46.2 Å². The summed E-state index contributed by atoms with van der Waals surface area (Å²) in [5, 5.41) is 2.06. The molecule has 1 N–H and O–H groups in total. The molecule has 2 saturated heterocycles. The van der Waals surface area contributed by atoms with Crippen molar-refractivity contribution in [1.29, 1.82) is 0 Å². The van der Waals surface area contributed by atoms with Gasteiger partial charge in [-0.1, -0.05) is 55.0 Å². The lowest BCUT2D eigenvalue weighted by Crippen LogP contribution is -2.52. The molecule has 194 valence electrons. The summed E-state index contributed by atoms with van der Waals surface area (Å²) in [7, 11) is 0. The van der Waals surface area contributed by atoms with E-state index in [1.807, 2.05) is 0 Å². The van der Waals surface area contributed by atoms with Gasteiger partial charge in [-0.25, -0.2) is 4.98 Å². The molecule has 1 spiro atoms. The summed E-state index contributed by atoms with van der Waals surface area (Å²) in [4.78, 5) is 43.3. The number of ketones is 1. The number of nitrogens with one attached hydrogen (secondary N) is 1. The first-order valence-electron chi connectivity index (χ1n) is 11.7. The van der Waals surface area contributed by atoms with E-state index in [9.17, 15) is 27.6 Å². The van der Waals surface area contributed by atoms with Crippen molar-refractivity contribution in [2.75, 3.05) is 31.6 Å². The molecule has 0 saturated carbocycles. The Bertz CT molecular complexity index is 1160. The lowest BCUT2D eigenvalue weighted by atomic mass is 9.76. The number of benzene rings is 1. The summed E-state index contributed by atoms with van der Waals surface area (Å²) >= 11 is 0.474. The molecule has 2 amide bonds. The number of hydrogen-bond donors (Lipinski definition) is 1. The number of thiazole rings is 1. The predicted molar refractivity (Wildman–Crippen MR) is 128 cm³/mol. The normalized spacial score (nSPS) is 17.6. The molecule has 0 atom stereocenters. The molecule has 0 bridgehead atoms. The van der Waals surface area contributed by atoms with Crippen LogP contribution in [0.15, 0.2) is 24.3 Å². The molecule has 11 heteroatoms. The van der Waals surface area contributed by atoms with Gasteiger partial charge in [0, 0.05) is 30.5 Å². The summed E-state index contributed by atoms with van der Waals surface area (Å²) in [6, 6.07) is 6.16. The summed E-state index contributed by atoms with van der Waals surface area (Å²) in [5.41, 5.74) is -1.42. The third-order valence-corrected chi connectivity index (χ3v) is 7.81. The van der Waals surface area contributed by atoms with Gasteiger partial charge in [0.25, 0.3) is 0 Å². The van der Waals surface area contributed by atoms with Crippen LogP contribution in [0.2, 0.25) is 0 Å². The van der Waals surface area contributed by atoms with Crippen molar-refractivity contribution >= 4 is 34.1 Å². The first-order chi connectivity index (χ1) is 16.8. The van der Waals surface area contributed by atoms with Crippen LogP contribution < -0.4 is 5.32 Å². The van der Waals surface area contributed by atoms with Gasteiger partial charge in [0.15, 0.2) is 10.8 Å². The fourth-order valence-corrected chi connectivity index (χ4v) is 5.24. The standard InChI is InChI=1S/C25H28F3N3O4S/c1-15-4-6-16(7-5-15)18(33)19-20(25(26,27)28)29-22(36-19)30-21(34)23(2,3)12-17(32)31-10-8-24(9-11-31)13-35-14-24/h4-7H,8-14H2,1-3H3,(H,29,30,34). The predicted octanol–water partition coefficient (Wildman–Crippen LogP) is 4.70. The third kappa shape index (κ3) is 5.46. The quantitative estimate of drug-likeness (QED) is 0.555. The summed E-state index contributed by atoms with van der Waals surface area (Å²) in [6.07, 6.45) is -3.28. The third-order valence-electron chi connectivity index (χ3n) is 6.84. The van der Waals surface area contributed by atoms with Crippen LogP contribution in [0.3, 0.4) is 0 Å². The van der Waals surface area contributed by atoms with Crippen LogP contribution in [0, 0.1) is 17.8 Å². The van der Waals surface area contributed by atoms with E-state index in [0.29, 0.717) is 37.6 Å². The van der Waals surface area contributed by atoms with Crippen LogP contribution in [0.4, 0.5) is 18.3 Å². The van der Waals surface area contributed by atoms with Gasteiger partial charge in [0.05, 0.1) is 18.6 Å². The summed E-state index contributed by atoms with van der Waals surface area (Å²) in [5.74, 6) is -1.65. The maximum absolute atomic E-state index is 13.7. The zero-order valence-electron chi connectivity index (χ0n) is 20.3. The Kier molecular flexibility index (Phi) is 7.00. The largest absolute Gasteiger partial charge is 0.435 e. The monoisotopic (exact) mass is 523 g/mol. The van der Waals surface area contributed by atoms with Gasteiger partial charge >= 0.3 is 6.18 Å². The van der Waals surface area contributed by atoms with Crippen molar-refractivity contribution in [3.05, 3.63) is 46.0 Å². The Balaban J connectivity index is 1.45. The van der Waals surface area contributed by atoms with Gasteiger partial charge in [0.2, 0.25) is 17.6 Å². The number of nitrogens with zero attached hydrogens (tertiary/aromatic N) is 2. The van der Waals surface area contributed by atoms with Gasteiger partial charge in [0.1, 0.15) is 4.88 Å². The second-order valence-electron chi connectivity index (χ2n) is 10.3. The molecule has 2 aliphatic rings. The van der Waals surface area contributed by atoms with Crippen LogP contribution in [0.25, 0.3) is 0 Å². The minimum absolute atomic E-state index is 0.0929. The number of alkyl halides is 3. The molecule has 1 aromatic carbocycles. The lowest BCUT2D eigenvalue weighted by molar-refractivity contribution is -0.155. The number of ether oxygens (including phenoxy) is 1. The number of rotatable bonds is 6. The van der Waals surface area contributed by atoms with Gasteiger partial charge in [-0.3, -0.25) is 14.4 Å². The topological polar surface area (TPSA) is 88.6 Å². The average molecular weight is 524 g/mol. The molecule has 2 fully saturated rings. The van der Waals surface area contributed by atoms with E-state index in [0.717, 1.165) is 18.4 Å². The maximum atomic E-state index is 13.7. The van der Waals surface area contributed by atoms with E-state index >= 15 is 0 Å². The van der Waals surface area contributed by atoms with E-state index in [4.69, 9.17) is 4.74 Å². The van der Waals surface area contributed by atoms with E-state index in [1.165, 1.54) is 12.1 Å². The fraction of sp³-hybridized carbons (Fsp3) is 0.520. The van der Waals surface area contributed by atoms with Crippen LogP contribution in [-0.4, -0.2) is 53.8 Å². The minimum Gasteiger partial charge on any atom is -0.380 e. The van der Waals surface area contributed by atoms with Crippen LogP contribution in [-0.2, 0) is 20.5 Å². The van der Waals surface area contributed by atoms with E-state index in [1.54, 1.807) is 37.8 Å². The highest BCUT2D eigenvalue weighted by Crippen LogP contribution is 2.40. The average Bonchev–Trinajstić information content (AvgIpc) is 3.22. The smallest absolute Gasteiger partial charge is 0.380 e. The Morgan fingerprint density at radius 3 is 2.25 bits per heavy atom. The highest BCUT2D eigenvalue weighted by Gasteiger charge is 2.43. The number of likely N-dealkylation sites (tertiary alicyclic amines) is 1. The zero-order valence-corrected chi connectivity index (χ0v) is 21.1. The summed E-state index contributed by atoms with van der Waals surface area (Å²) in [6.45, 7) is 7.52. The molecule has 1 aromatic heterocycles. The number of hydrogen-bond acceptors (Lipinski definition) is 6. The van der Waals surface area contributed by atoms with Crippen molar-refractivity contribution in [3.8, 4) is 0 Å². The highest BCUT2D eigenvalue weighted by molar-refractivity contribution is 7.18. The van der Waals surface area contributed by atoms with E-state index in [2.05, 4.69) is 10.3 Å². The molecule has 7 nitrogen and oxygen atoms in total. The molecule has 36 heavy (non-hydrogen) atoms. The zero-order chi connectivity index (χ0) is 26.3. The van der Waals surface area contributed by atoms with Crippen molar-refractivity contribution in [1.82, 2.24) is 9.88 Å². The first kappa shape index (κ1) is 26.3. The molecule has 2 aromatic rings. The lowest BCUT2D eigenvalue weighted by Gasteiger charge is -2.47. The molecule has 2 aliphatic heterocycles. The van der Waals surface area contributed by atoms with Crippen molar-refractivity contribution < 1.29 is 32.3 Å². The SMILES string of the molecule is Cc1ccc(C(=O)c2sc(NC(=O)C(C)(C)CC(=O)N3CCC4(CC3)COC4)nc2C(F)(F)F)cc1. The first-order valence-corrected chi connectivity index (χ1v) is 12.5. The maximum Gasteiger partial charge on any atom is 0.435 e. The van der Waals surface area contributed by atoms with E-state index in [-0.39, 0.29) is 28.4 Å². The Labute approximate surface area is 211 Å². The van der Waals surface area contributed by atoms with Crippen LogP contribution in [0.5, 0.6) is 0 Å². The number of carbonyl (C=O) groups excluding carboxylic acids is 3. The molecule has 0 radical (unpaired) electrons. The highest BCUT2D eigenvalue weighted by atomic mass is 32.1. The number of piperidine rings is 1. The van der Waals surface area contributed by atoms with E-state index < -0.39 is 33.9 Å². The van der Waals surface area contributed by atoms with Gasteiger partial charge in [-0.15, -0.1) is 0 Å². The Morgan fingerprint density at radius 1 is 1.11 bits per heavy atom. The molecule has 4 rings (SSSR count). The van der Waals surface area contributed by atoms with Crippen LogP contribution in [0.1, 0.15) is 59.6 Å². The second-order valence-corrected chi connectivity index (χ2v) is 11.3. The molecule has 0 aliphatic carbocycles. The van der Waals surface area contributed by atoms with Gasteiger partial charge < -0.3 is 15.0 Å². The van der Waals surface area contributed by atoms with Crippen LogP contribution >= 0.6 is 11.3 Å². The number of anilines is 1. The summed E-state index contributed by atoms with van der Waals surface area (Å²) < 4.78 is 46.3. The van der Waals surface area contributed by atoms with Crippen molar-refractivity contribution in [2.24, 2.45) is 10.8 Å². The van der Waals surface area contributed by atoms with Gasteiger partial charge in [-0.05, 0) is 19.8 Å². The number of aryl methyl sites for hydroxylation is 1. The number of aromatic nitrogens is 1. The Hall–Kier alpha value is -2.79. The molecule has 0 unspecified atom stereocenters.